The number of carbonyl (C=O) groups excluding carboxylic acids is 1. The Morgan fingerprint density at radius 2 is 2.25 bits per heavy atom. The van der Waals surface area contributed by atoms with Crippen LogP contribution in [0.3, 0.4) is 0 Å². The smallest absolute Gasteiger partial charge is 0.416 e. The summed E-state index contributed by atoms with van der Waals surface area (Å²) in [5, 5.41) is 0. The van der Waals surface area contributed by atoms with Crippen LogP contribution in [-0.2, 0) is 4.74 Å². The minimum atomic E-state index is -0.415. The predicted octanol–water partition coefficient (Wildman–Crippen LogP) is 2.16. The summed E-state index contributed by atoms with van der Waals surface area (Å²) in [5.74, 6) is 0.510. The molecule has 0 radical (unpaired) electrons. The quantitative estimate of drug-likeness (QED) is 0.841. The van der Waals surface area contributed by atoms with Gasteiger partial charge in [0, 0.05) is 6.54 Å². The summed E-state index contributed by atoms with van der Waals surface area (Å²) in [7, 11) is 1.35. The highest BCUT2D eigenvalue weighted by atomic mass is 16.5. The third-order valence-electron chi connectivity index (χ3n) is 2.34. The molecule has 5 heteroatoms. The minimum Gasteiger partial charge on any atom is -0.452 e. The summed E-state index contributed by atoms with van der Waals surface area (Å²) in [6.45, 7) is 2.37. The summed E-state index contributed by atoms with van der Waals surface area (Å²) >= 11 is 0. The lowest BCUT2D eigenvalue weighted by Gasteiger charge is -2.15. The van der Waals surface area contributed by atoms with E-state index >= 15 is 0 Å². The summed E-state index contributed by atoms with van der Waals surface area (Å²) in [4.78, 5) is 20.3. The number of amides is 1. The zero-order valence-corrected chi connectivity index (χ0v) is 9.23. The second-order valence-corrected chi connectivity index (χ2v) is 3.29. The van der Waals surface area contributed by atoms with Gasteiger partial charge in [-0.3, -0.25) is 0 Å². The highest BCUT2D eigenvalue weighted by molar-refractivity contribution is 5.88. The van der Waals surface area contributed by atoms with Crippen molar-refractivity contribution >= 4 is 23.1 Å². The number of imidazole rings is 1. The van der Waals surface area contributed by atoms with Gasteiger partial charge in [0.25, 0.3) is 0 Å². The first kappa shape index (κ1) is 10.5. The number of anilines is 1. The third kappa shape index (κ3) is 1.71. The van der Waals surface area contributed by atoms with Crippen molar-refractivity contribution in [2.24, 2.45) is 0 Å². The third-order valence-corrected chi connectivity index (χ3v) is 2.34. The van der Waals surface area contributed by atoms with Gasteiger partial charge < -0.3 is 9.72 Å². The maximum absolute atomic E-state index is 11.5. The van der Waals surface area contributed by atoms with E-state index in [9.17, 15) is 4.79 Å². The summed E-state index contributed by atoms with van der Waals surface area (Å²) in [6, 6.07) is 7.62. The number of carbonyl (C=O) groups is 1. The number of aromatic amines is 1. The molecule has 1 amide bonds. The number of para-hydroxylation sites is 2. The number of nitrogens with one attached hydrogen (secondary N) is 1. The average molecular weight is 219 g/mol. The van der Waals surface area contributed by atoms with Gasteiger partial charge in [-0.05, 0) is 19.1 Å². The van der Waals surface area contributed by atoms with Crippen molar-refractivity contribution in [3.8, 4) is 0 Å². The standard InChI is InChI=1S/C11H13N3O2/c1-3-14(11(15)16-2)10-12-8-6-4-5-7-9(8)13-10/h4-7H,3H2,1-2H3,(H,12,13). The first-order valence-corrected chi connectivity index (χ1v) is 5.06. The van der Waals surface area contributed by atoms with E-state index < -0.39 is 6.09 Å². The Morgan fingerprint density at radius 3 is 2.88 bits per heavy atom. The Kier molecular flexibility index (Phi) is 2.76. The number of hydrogen-bond donors (Lipinski definition) is 1. The highest BCUT2D eigenvalue weighted by Gasteiger charge is 2.17. The SMILES string of the molecule is CCN(C(=O)OC)c1nc2ccccc2[nH]1. The number of hydrogen-bond acceptors (Lipinski definition) is 3. The van der Waals surface area contributed by atoms with Crippen molar-refractivity contribution in [1.29, 1.82) is 0 Å². The molecule has 0 aliphatic carbocycles. The van der Waals surface area contributed by atoms with Crippen molar-refractivity contribution < 1.29 is 9.53 Å². The van der Waals surface area contributed by atoms with Crippen LogP contribution in [-0.4, -0.2) is 29.7 Å². The van der Waals surface area contributed by atoms with Crippen LogP contribution < -0.4 is 4.90 Å². The van der Waals surface area contributed by atoms with Gasteiger partial charge in [-0.1, -0.05) is 12.1 Å². The van der Waals surface area contributed by atoms with Crippen LogP contribution in [0.4, 0.5) is 10.7 Å². The fraction of sp³-hybridized carbons (Fsp3) is 0.273. The Bertz CT molecular complexity index is 474. The average Bonchev–Trinajstić information content (AvgIpc) is 2.72. The molecule has 1 heterocycles. The second-order valence-electron chi connectivity index (χ2n) is 3.29. The molecule has 0 fully saturated rings. The van der Waals surface area contributed by atoms with Gasteiger partial charge in [0.1, 0.15) is 0 Å². The lowest BCUT2D eigenvalue weighted by Crippen LogP contribution is -2.31. The number of nitrogens with zero attached hydrogens (tertiary/aromatic N) is 2. The zero-order chi connectivity index (χ0) is 11.5. The number of H-pyrrole nitrogens is 1. The van der Waals surface area contributed by atoms with Crippen LogP contribution in [0.1, 0.15) is 6.92 Å². The lowest BCUT2D eigenvalue weighted by molar-refractivity contribution is 0.178. The topological polar surface area (TPSA) is 58.2 Å². The molecular formula is C11H13N3O2. The van der Waals surface area contributed by atoms with E-state index in [1.54, 1.807) is 0 Å². The highest BCUT2D eigenvalue weighted by Crippen LogP contribution is 2.17. The fourth-order valence-corrected chi connectivity index (χ4v) is 1.54. The molecule has 0 spiro atoms. The van der Waals surface area contributed by atoms with Crippen LogP contribution in [0.15, 0.2) is 24.3 Å². The molecule has 1 N–H and O–H groups in total. The van der Waals surface area contributed by atoms with Crippen molar-refractivity contribution in [1.82, 2.24) is 9.97 Å². The summed E-state index contributed by atoms with van der Waals surface area (Å²) in [5.41, 5.74) is 1.74. The number of methoxy groups -OCH3 is 1. The predicted molar refractivity (Wildman–Crippen MR) is 61.5 cm³/mol. The van der Waals surface area contributed by atoms with E-state index in [1.165, 1.54) is 12.0 Å². The molecule has 5 nitrogen and oxygen atoms in total. The van der Waals surface area contributed by atoms with Gasteiger partial charge in [0.2, 0.25) is 5.95 Å². The summed E-state index contributed by atoms with van der Waals surface area (Å²) in [6.07, 6.45) is -0.415. The van der Waals surface area contributed by atoms with Crippen molar-refractivity contribution in [3.63, 3.8) is 0 Å². The molecule has 0 aliphatic rings. The Hall–Kier alpha value is -2.04. The monoisotopic (exact) mass is 219 g/mol. The van der Waals surface area contributed by atoms with Crippen LogP contribution >= 0.6 is 0 Å². The van der Waals surface area contributed by atoms with Gasteiger partial charge in [0.15, 0.2) is 0 Å². The molecule has 84 valence electrons. The van der Waals surface area contributed by atoms with Gasteiger partial charge in [-0.2, -0.15) is 0 Å². The Morgan fingerprint density at radius 1 is 1.50 bits per heavy atom. The molecule has 0 saturated carbocycles. The molecule has 0 atom stereocenters. The minimum absolute atomic E-state index is 0.415. The van der Waals surface area contributed by atoms with Crippen LogP contribution in [0.25, 0.3) is 11.0 Å². The van der Waals surface area contributed by atoms with E-state index in [-0.39, 0.29) is 0 Å². The Balaban J connectivity index is 2.41. The molecule has 1 aromatic heterocycles. The normalized spacial score (nSPS) is 10.4. The summed E-state index contributed by atoms with van der Waals surface area (Å²) < 4.78 is 4.68. The van der Waals surface area contributed by atoms with Crippen LogP contribution in [0, 0.1) is 0 Å². The molecule has 2 aromatic rings. The van der Waals surface area contributed by atoms with Gasteiger partial charge in [-0.25, -0.2) is 14.7 Å². The van der Waals surface area contributed by atoms with E-state index in [2.05, 4.69) is 14.7 Å². The molecular weight excluding hydrogens is 206 g/mol. The lowest BCUT2D eigenvalue weighted by atomic mass is 10.3. The van der Waals surface area contributed by atoms with E-state index in [1.807, 2.05) is 31.2 Å². The van der Waals surface area contributed by atoms with Gasteiger partial charge >= 0.3 is 6.09 Å². The second kappa shape index (κ2) is 4.22. The van der Waals surface area contributed by atoms with Crippen molar-refractivity contribution in [2.45, 2.75) is 6.92 Å². The molecule has 2 rings (SSSR count). The first-order valence-electron chi connectivity index (χ1n) is 5.06. The first-order chi connectivity index (χ1) is 7.76. The van der Waals surface area contributed by atoms with E-state index in [4.69, 9.17) is 0 Å². The molecule has 0 saturated heterocycles. The number of ether oxygens (including phenoxy) is 1. The number of rotatable bonds is 2. The molecule has 0 bridgehead atoms. The molecule has 16 heavy (non-hydrogen) atoms. The zero-order valence-electron chi connectivity index (χ0n) is 9.23. The van der Waals surface area contributed by atoms with Crippen molar-refractivity contribution in [2.75, 3.05) is 18.6 Å². The van der Waals surface area contributed by atoms with Crippen LogP contribution in [0.2, 0.25) is 0 Å². The van der Waals surface area contributed by atoms with Gasteiger partial charge in [0.05, 0.1) is 18.1 Å². The van der Waals surface area contributed by atoms with Gasteiger partial charge in [-0.15, -0.1) is 0 Å². The van der Waals surface area contributed by atoms with Crippen molar-refractivity contribution in [3.05, 3.63) is 24.3 Å². The largest absolute Gasteiger partial charge is 0.452 e. The van der Waals surface area contributed by atoms with E-state index in [0.717, 1.165) is 11.0 Å². The molecule has 0 aliphatic heterocycles. The Labute approximate surface area is 93.0 Å². The van der Waals surface area contributed by atoms with Crippen LogP contribution in [0.5, 0.6) is 0 Å². The number of fused-ring (bicyclic) bond motifs is 1. The molecule has 1 aromatic carbocycles. The number of benzene rings is 1. The molecule has 0 unspecified atom stereocenters. The number of aromatic nitrogens is 2. The van der Waals surface area contributed by atoms with E-state index in [0.29, 0.717) is 12.5 Å². The maximum Gasteiger partial charge on any atom is 0.416 e. The maximum atomic E-state index is 11.5. The fourth-order valence-electron chi connectivity index (χ4n) is 1.54.